The van der Waals surface area contributed by atoms with E-state index in [-0.39, 0.29) is 24.2 Å². The molecule has 1 saturated heterocycles. The molecule has 1 aliphatic rings. The van der Waals surface area contributed by atoms with E-state index < -0.39 is 5.41 Å². The lowest BCUT2D eigenvalue weighted by molar-refractivity contribution is -0.132. The largest absolute Gasteiger partial charge is 0.351 e. The zero-order valence-corrected chi connectivity index (χ0v) is 15.0. The zero-order chi connectivity index (χ0) is 18.7. The molecule has 1 N–H and O–H groups in total. The molecule has 1 fully saturated rings. The Bertz CT molecular complexity index is 819. The first-order valence-electron chi connectivity index (χ1n) is 8.69. The van der Waals surface area contributed by atoms with Crippen molar-refractivity contribution in [2.24, 2.45) is 12.5 Å². The number of nitrogens with zero attached hydrogens (tertiary/aromatic N) is 3. The van der Waals surface area contributed by atoms with Gasteiger partial charge in [-0.2, -0.15) is 5.10 Å². The summed E-state index contributed by atoms with van der Waals surface area (Å²) in [6, 6.07) is 7.84. The first kappa shape index (κ1) is 18.1. The van der Waals surface area contributed by atoms with Gasteiger partial charge in [0.15, 0.2) is 0 Å². The van der Waals surface area contributed by atoms with Crippen molar-refractivity contribution in [3.05, 3.63) is 53.6 Å². The Kier molecular flexibility index (Phi) is 5.06. The van der Waals surface area contributed by atoms with Crippen molar-refractivity contribution in [1.82, 2.24) is 20.0 Å². The van der Waals surface area contributed by atoms with Gasteiger partial charge in [-0.05, 0) is 43.5 Å². The molecule has 1 aliphatic heterocycles. The maximum Gasteiger partial charge on any atom is 0.272 e. The lowest BCUT2D eigenvalue weighted by Crippen LogP contribution is -2.52. The summed E-state index contributed by atoms with van der Waals surface area (Å²) >= 11 is 0. The number of amides is 2. The fourth-order valence-electron chi connectivity index (χ4n) is 3.39. The third kappa shape index (κ3) is 3.76. The Morgan fingerprint density at radius 2 is 2.15 bits per heavy atom. The van der Waals surface area contributed by atoms with Crippen LogP contribution in [0.25, 0.3) is 0 Å². The first-order valence-corrected chi connectivity index (χ1v) is 8.69. The number of hydrogen-bond acceptors (Lipinski definition) is 3. The van der Waals surface area contributed by atoms with E-state index in [1.807, 2.05) is 6.92 Å². The maximum absolute atomic E-state index is 13.3. The fourth-order valence-corrected chi connectivity index (χ4v) is 3.39. The molecular weight excluding hydrogens is 335 g/mol. The number of halogens is 1. The monoisotopic (exact) mass is 358 g/mol. The standard InChI is InChI=1S/C19H23FN4O2/c1-19(18(26)21-12-14-5-3-6-15(20)11-14)8-4-10-24(13-19)17(25)16-7-9-22-23(16)2/h3,5-7,9,11H,4,8,10,12-13H2,1-2H3,(H,21,26)/t19-/m0/s1. The molecule has 0 bridgehead atoms. The normalized spacial score (nSPS) is 20.0. The third-order valence-corrected chi connectivity index (χ3v) is 4.91. The number of aromatic nitrogens is 2. The van der Waals surface area contributed by atoms with Crippen LogP contribution in [0.4, 0.5) is 4.39 Å². The molecular formula is C19H23FN4O2. The van der Waals surface area contributed by atoms with Gasteiger partial charge in [-0.3, -0.25) is 14.3 Å². The molecule has 2 heterocycles. The van der Waals surface area contributed by atoms with Crippen LogP contribution >= 0.6 is 0 Å². The second-order valence-electron chi connectivity index (χ2n) is 7.04. The minimum atomic E-state index is -0.667. The molecule has 0 saturated carbocycles. The smallest absolute Gasteiger partial charge is 0.272 e. The predicted octanol–water partition coefficient (Wildman–Crippen LogP) is 2.12. The zero-order valence-electron chi connectivity index (χ0n) is 15.0. The molecule has 0 radical (unpaired) electrons. The van der Waals surface area contributed by atoms with Crippen LogP contribution in [0, 0.1) is 11.2 Å². The predicted molar refractivity (Wildman–Crippen MR) is 94.7 cm³/mol. The van der Waals surface area contributed by atoms with Crippen molar-refractivity contribution >= 4 is 11.8 Å². The van der Waals surface area contributed by atoms with E-state index in [1.54, 1.807) is 36.3 Å². The summed E-state index contributed by atoms with van der Waals surface area (Å²) < 4.78 is 14.8. The minimum Gasteiger partial charge on any atom is -0.351 e. The van der Waals surface area contributed by atoms with E-state index in [9.17, 15) is 14.0 Å². The van der Waals surface area contributed by atoms with Gasteiger partial charge in [0.25, 0.3) is 5.91 Å². The second kappa shape index (κ2) is 7.27. The van der Waals surface area contributed by atoms with Crippen LogP contribution in [0.1, 0.15) is 35.8 Å². The van der Waals surface area contributed by atoms with Gasteiger partial charge in [-0.15, -0.1) is 0 Å². The summed E-state index contributed by atoms with van der Waals surface area (Å²) in [6.45, 7) is 3.11. The van der Waals surface area contributed by atoms with Crippen molar-refractivity contribution < 1.29 is 14.0 Å². The maximum atomic E-state index is 13.3. The van der Waals surface area contributed by atoms with Crippen molar-refractivity contribution in [3.8, 4) is 0 Å². The molecule has 0 aliphatic carbocycles. The van der Waals surface area contributed by atoms with E-state index in [1.165, 1.54) is 16.8 Å². The molecule has 3 rings (SSSR count). The van der Waals surface area contributed by atoms with E-state index in [4.69, 9.17) is 0 Å². The minimum absolute atomic E-state index is 0.117. The van der Waals surface area contributed by atoms with Gasteiger partial charge in [0.05, 0.1) is 5.41 Å². The Labute approximate surface area is 152 Å². The Morgan fingerprint density at radius 3 is 2.85 bits per heavy atom. The number of carbonyl (C=O) groups excluding carboxylic acids is 2. The quantitative estimate of drug-likeness (QED) is 0.910. The molecule has 1 aromatic carbocycles. The first-order chi connectivity index (χ1) is 12.4. The van der Waals surface area contributed by atoms with Crippen molar-refractivity contribution in [2.75, 3.05) is 13.1 Å². The summed E-state index contributed by atoms with van der Waals surface area (Å²) in [7, 11) is 1.72. The fraction of sp³-hybridized carbons (Fsp3) is 0.421. The highest BCUT2D eigenvalue weighted by atomic mass is 19.1. The average molecular weight is 358 g/mol. The van der Waals surface area contributed by atoms with Crippen LogP contribution in [0.2, 0.25) is 0 Å². The molecule has 0 unspecified atom stereocenters. The summed E-state index contributed by atoms with van der Waals surface area (Å²) in [5, 5.41) is 6.91. The average Bonchev–Trinajstić information content (AvgIpc) is 3.05. The molecule has 6 nitrogen and oxygen atoms in total. The molecule has 26 heavy (non-hydrogen) atoms. The molecule has 0 spiro atoms. The lowest BCUT2D eigenvalue weighted by atomic mass is 9.80. The molecule has 1 aromatic heterocycles. The highest BCUT2D eigenvalue weighted by molar-refractivity contribution is 5.93. The van der Waals surface area contributed by atoms with Gasteiger partial charge in [0.1, 0.15) is 11.5 Å². The molecule has 2 aromatic rings. The second-order valence-corrected chi connectivity index (χ2v) is 7.04. The number of nitrogens with one attached hydrogen (secondary N) is 1. The summed E-state index contributed by atoms with van der Waals surface area (Å²) in [6.07, 6.45) is 3.05. The van der Waals surface area contributed by atoms with Crippen LogP contribution in [0.3, 0.4) is 0 Å². The van der Waals surface area contributed by atoms with Gasteiger partial charge < -0.3 is 10.2 Å². The SMILES string of the molecule is Cn1nccc1C(=O)N1CCC[C@](C)(C(=O)NCc2cccc(F)c2)C1. The molecule has 138 valence electrons. The molecule has 1 atom stereocenters. The van der Waals surface area contributed by atoms with Crippen LogP contribution in [0.5, 0.6) is 0 Å². The molecule has 2 amide bonds. The summed E-state index contributed by atoms with van der Waals surface area (Å²) in [5.74, 6) is -0.563. The Morgan fingerprint density at radius 1 is 1.35 bits per heavy atom. The third-order valence-electron chi connectivity index (χ3n) is 4.91. The number of likely N-dealkylation sites (tertiary alicyclic amines) is 1. The number of piperidine rings is 1. The number of hydrogen-bond donors (Lipinski definition) is 1. The Hall–Kier alpha value is -2.70. The highest BCUT2D eigenvalue weighted by Gasteiger charge is 2.39. The van der Waals surface area contributed by atoms with Gasteiger partial charge in [-0.1, -0.05) is 12.1 Å². The van der Waals surface area contributed by atoms with Crippen LogP contribution < -0.4 is 5.32 Å². The highest BCUT2D eigenvalue weighted by Crippen LogP contribution is 2.30. The van der Waals surface area contributed by atoms with Gasteiger partial charge in [0.2, 0.25) is 5.91 Å². The van der Waals surface area contributed by atoms with Crippen molar-refractivity contribution in [3.63, 3.8) is 0 Å². The van der Waals surface area contributed by atoms with E-state index >= 15 is 0 Å². The van der Waals surface area contributed by atoms with Crippen molar-refractivity contribution in [2.45, 2.75) is 26.3 Å². The van der Waals surface area contributed by atoms with Gasteiger partial charge in [0, 0.05) is 32.9 Å². The number of benzene rings is 1. The Balaban J connectivity index is 1.65. The number of rotatable bonds is 4. The number of carbonyl (C=O) groups is 2. The number of aryl methyl sites for hydroxylation is 1. The van der Waals surface area contributed by atoms with Gasteiger partial charge >= 0.3 is 0 Å². The van der Waals surface area contributed by atoms with Gasteiger partial charge in [-0.25, -0.2) is 4.39 Å². The van der Waals surface area contributed by atoms with Crippen LogP contribution in [-0.2, 0) is 18.4 Å². The van der Waals surface area contributed by atoms with Crippen LogP contribution in [-0.4, -0.2) is 39.6 Å². The van der Waals surface area contributed by atoms with E-state index in [0.717, 1.165) is 6.42 Å². The van der Waals surface area contributed by atoms with Crippen molar-refractivity contribution in [1.29, 1.82) is 0 Å². The molecule has 7 heteroatoms. The summed E-state index contributed by atoms with van der Waals surface area (Å²) in [5.41, 5.74) is 0.551. The summed E-state index contributed by atoms with van der Waals surface area (Å²) in [4.78, 5) is 27.2. The van der Waals surface area contributed by atoms with E-state index in [2.05, 4.69) is 10.4 Å². The lowest BCUT2D eigenvalue weighted by Gasteiger charge is -2.39. The topological polar surface area (TPSA) is 67.2 Å². The van der Waals surface area contributed by atoms with Crippen LogP contribution in [0.15, 0.2) is 36.5 Å². The van der Waals surface area contributed by atoms with E-state index in [0.29, 0.717) is 30.8 Å².